The van der Waals surface area contributed by atoms with Crippen molar-refractivity contribution in [2.75, 3.05) is 29.9 Å². The maximum Gasteiger partial charge on any atom is 0.136 e. The predicted octanol–water partition coefficient (Wildman–Crippen LogP) is 3.27. The number of anilines is 2. The first kappa shape index (κ1) is 13.7. The molecular weight excluding hydrogens is 248 g/mol. The Morgan fingerprint density at radius 2 is 1.90 bits per heavy atom. The van der Waals surface area contributed by atoms with E-state index in [1.54, 1.807) is 0 Å². The predicted molar refractivity (Wildman–Crippen MR) is 83.3 cm³/mol. The van der Waals surface area contributed by atoms with Crippen molar-refractivity contribution in [3.63, 3.8) is 0 Å². The van der Waals surface area contributed by atoms with Crippen LogP contribution < -0.4 is 10.2 Å². The van der Waals surface area contributed by atoms with E-state index in [2.05, 4.69) is 42.0 Å². The largest absolute Gasteiger partial charge is 0.370 e. The third kappa shape index (κ3) is 3.05. The number of nitrogens with zero attached hydrogens (tertiary/aromatic N) is 3. The number of hydrogen-bond acceptors (Lipinski definition) is 4. The quantitative estimate of drug-likeness (QED) is 0.915. The Kier molecular flexibility index (Phi) is 3.81. The average molecular weight is 274 g/mol. The van der Waals surface area contributed by atoms with Gasteiger partial charge in [-0.15, -0.1) is 0 Å². The first-order chi connectivity index (χ1) is 9.65. The third-order valence-electron chi connectivity index (χ3n) is 4.22. The molecule has 1 aliphatic heterocycles. The Morgan fingerprint density at radius 1 is 1.20 bits per heavy atom. The Labute approximate surface area is 122 Å². The molecule has 3 rings (SSSR count). The summed E-state index contributed by atoms with van der Waals surface area (Å²) in [6.45, 7) is 9.96. The van der Waals surface area contributed by atoms with Crippen molar-refractivity contribution in [2.24, 2.45) is 11.8 Å². The number of nitrogens with one attached hydrogen (secondary N) is 1. The molecule has 2 atom stereocenters. The van der Waals surface area contributed by atoms with Crippen LogP contribution in [0.5, 0.6) is 0 Å². The minimum atomic E-state index is 0.604. The van der Waals surface area contributed by atoms with Crippen LogP contribution in [0.15, 0.2) is 6.07 Å². The van der Waals surface area contributed by atoms with E-state index in [0.29, 0.717) is 5.92 Å². The summed E-state index contributed by atoms with van der Waals surface area (Å²) in [7, 11) is 0. The van der Waals surface area contributed by atoms with Gasteiger partial charge in [-0.3, -0.25) is 0 Å². The lowest BCUT2D eigenvalue weighted by Gasteiger charge is -2.36. The Balaban J connectivity index is 1.86. The molecule has 0 bridgehead atoms. The molecule has 2 heterocycles. The maximum atomic E-state index is 4.85. The molecule has 1 aliphatic carbocycles. The van der Waals surface area contributed by atoms with Crippen molar-refractivity contribution in [1.29, 1.82) is 0 Å². The summed E-state index contributed by atoms with van der Waals surface area (Å²) in [5.41, 5.74) is 0. The second kappa shape index (κ2) is 5.58. The Bertz CT molecular complexity index is 460. The lowest BCUT2D eigenvalue weighted by atomic mass is 9.92. The van der Waals surface area contributed by atoms with E-state index in [0.717, 1.165) is 48.9 Å². The first-order valence-corrected chi connectivity index (χ1v) is 8.03. The second-order valence-corrected chi connectivity index (χ2v) is 6.63. The number of rotatable bonds is 4. The van der Waals surface area contributed by atoms with Crippen LogP contribution in [-0.4, -0.2) is 29.6 Å². The van der Waals surface area contributed by atoms with Crippen LogP contribution in [-0.2, 0) is 0 Å². The van der Waals surface area contributed by atoms with Crippen molar-refractivity contribution < 1.29 is 0 Å². The topological polar surface area (TPSA) is 41.0 Å². The van der Waals surface area contributed by atoms with E-state index in [1.165, 1.54) is 19.3 Å². The van der Waals surface area contributed by atoms with Crippen LogP contribution in [0.3, 0.4) is 0 Å². The van der Waals surface area contributed by atoms with E-state index >= 15 is 0 Å². The fourth-order valence-electron chi connectivity index (χ4n) is 3.26. The van der Waals surface area contributed by atoms with Crippen molar-refractivity contribution in [1.82, 2.24) is 9.97 Å². The lowest BCUT2D eigenvalue weighted by molar-refractivity contribution is 0.355. The highest BCUT2D eigenvalue weighted by Gasteiger charge is 2.29. The van der Waals surface area contributed by atoms with Crippen LogP contribution in [0.1, 0.15) is 51.8 Å². The molecule has 0 amide bonds. The van der Waals surface area contributed by atoms with Gasteiger partial charge >= 0.3 is 0 Å². The molecule has 4 heteroatoms. The van der Waals surface area contributed by atoms with Gasteiger partial charge in [-0.25, -0.2) is 9.97 Å². The second-order valence-electron chi connectivity index (χ2n) is 6.63. The van der Waals surface area contributed by atoms with Crippen LogP contribution in [0.25, 0.3) is 0 Å². The normalized spacial score (nSPS) is 26.6. The summed E-state index contributed by atoms with van der Waals surface area (Å²) in [4.78, 5) is 12.0. The highest BCUT2D eigenvalue weighted by molar-refractivity contribution is 5.50. The maximum absolute atomic E-state index is 4.85. The summed E-state index contributed by atoms with van der Waals surface area (Å²) in [5, 5.41) is 3.35. The minimum Gasteiger partial charge on any atom is -0.370 e. The van der Waals surface area contributed by atoms with Gasteiger partial charge in [0.25, 0.3) is 0 Å². The highest BCUT2D eigenvalue weighted by Crippen LogP contribution is 2.39. The average Bonchev–Trinajstić information content (AvgIpc) is 3.22. The van der Waals surface area contributed by atoms with Crippen LogP contribution >= 0.6 is 0 Å². The van der Waals surface area contributed by atoms with Crippen LogP contribution in [0.2, 0.25) is 0 Å². The van der Waals surface area contributed by atoms with Crippen molar-refractivity contribution >= 4 is 11.6 Å². The van der Waals surface area contributed by atoms with Gasteiger partial charge in [0.05, 0.1) is 0 Å². The fraction of sp³-hybridized carbons (Fsp3) is 0.750. The molecule has 1 saturated heterocycles. The number of aromatic nitrogens is 2. The van der Waals surface area contributed by atoms with E-state index in [1.807, 2.05) is 0 Å². The van der Waals surface area contributed by atoms with Gasteiger partial charge in [-0.05, 0) is 38.0 Å². The molecule has 0 spiro atoms. The van der Waals surface area contributed by atoms with Gasteiger partial charge in [0, 0.05) is 31.6 Å². The SMILES string of the molecule is CCNc1cc(N2CC(C)CC(C)C2)nc(C2CC2)n1. The number of piperidine rings is 1. The van der Waals surface area contributed by atoms with Gasteiger partial charge in [0.2, 0.25) is 0 Å². The summed E-state index contributed by atoms with van der Waals surface area (Å²) in [6.07, 6.45) is 3.83. The molecule has 1 aromatic heterocycles. The van der Waals surface area contributed by atoms with Gasteiger partial charge in [0.15, 0.2) is 0 Å². The molecule has 2 fully saturated rings. The fourth-order valence-corrected chi connectivity index (χ4v) is 3.26. The Morgan fingerprint density at radius 3 is 2.50 bits per heavy atom. The van der Waals surface area contributed by atoms with E-state index in [9.17, 15) is 0 Å². The zero-order chi connectivity index (χ0) is 14.1. The smallest absolute Gasteiger partial charge is 0.136 e. The highest BCUT2D eigenvalue weighted by atomic mass is 15.2. The van der Waals surface area contributed by atoms with Crippen molar-refractivity contribution in [2.45, 2.75) is 46.0 Å². The summed E-state index contributed by atoms with van der Waals surface area (Å²) < 4.78 is 0. The van der Waals surface area contributed by atoms with E-state index in [-0.39, 0.29) is 0 Å². The van der Waals surface area contributed by atoms with Crippen molar-refractivity contribution in [3.8, 4) is 0 Å². The standard InChI is InChI=1S/C16H26N4/c1-4-17-14-8-15(19-16(18-14)13-5-6-13)20-9-11(2)7-12(3)10-20/h8,11-13H,4-7,9-10H2,1-3H3,(H,17,18,19). The number of hydrogen-bond donors (Lipinski definition) is 1. The van der Waals surface area contributed by atoms with Gasteiger partial charge < -0.3 is 10.2 Å². The first-order valence-electron chi connectivity index (χ1n) is 8.03. The molecule has 2 unspecified atom stereocenters. The molecule has 1 saturated carbocycles. The minimum absolute atomic E-state index is 0.604. The zero-order valence-corrected chi connectivity index (χ0v) is 12.9. The Hall–Kier alpha value is -1.32. The molecule has 1 N–H and O–H groups in total. The van der Waals surface area contributed by atoms with Gasteiger partial charge in [-0.2, -0.15) is 0 Å². The van der Waals surface area contributed by atoms with Crippen molar-refractivity contribution in [3.05, 3.63) is 11.9 Å². The molecule has 110 valence electrons. The molecule has 4 nitrogen and oxygen atoms in total. The summed E-state index contributed by atoms with van der Waals surface area (Å²) >= 11 is 0. The zero-order valence-electron chi connectivity index (χ0n) is 12.9. The lowest BCUT2D eigenvalue weighted by Crippen LogP contribution is -2.39. The van der Waals surface area contributed by atoms with E-state index in [4.69, 9.17) is 4.98 Å². The van der Waals surface area contributed by atoms with Crippen LogP contribution in [0.4, 0.5) is 11.6 Å². The summed E-state index contributed by atoms with van der Waals surface area (Å²) in [6, 6.07) is 2.13. The monoisotopic (exact) mass is 274 g/mol. The third-order valence-corrected chi connectivity index (χ3v) is 4.22. The summed E-state index contributed by atoms with van der Waals surface area (Å²) in [5.74, 6) is 5.26. The van der Waals surface area contributed by atoms with Gasteiger partial charge in [0.1, 0.15) is 17.5 Å². The molecule has 2 aliphatic rings. The van der Waals surface area contributed by atoms with Crippen LogP contribution in [0, 0.1) is 11.8 Å². The molecule has 0 radical (unpaired) electrons. The molecule has 0 aromatic carbocycles. The van der Waals surface area contributed by atoms with Gasteiger partial charge in [-0.1, -0.05) is 13.8 Å². The molecule has 20 heavy (non-hydrogen) atoms. The molecule has 1 aromatic rings. The van der Waals surface area contributed by atoms with E-state index < -0.39 is 0 Å². The molecular formula is C16H26N4.